The van der Waals surface area contributed by atoms with E-state index >= 15 is 0 Å². The van der Waals surface area contributed by atoms with Gasteiger partial charge in [0.05, 0.1) is 0 Å². The zero-order valence-electron chi connectivity index (χ0n) is 5.97. The first-order valence-electron chi connectivity index (χ1n) is 3.73. The lowest BCUT2D eigenvalue weighted by molar-refractivity contribution is -0.127. The second-order valence-electron chi connectivity index (χ2n) is 3.17. The number of carbonyl (C=O) groups is 1. The lowest BCUT2D eigenvalue weighted by Crippen LogP contribution is -2.26. The Bertz CT molecular complexity index is 197. The quantitative estimate of drug-likeness (QED) is 0.455. The summed E-state index contributed by atoms with van der Waals surface area (Å²) in [6.07, 6.45) is 2.86. The van der Waals surface area contributed by atoms with Crippen LogP contribution in [0.2, 0.25) is 0 Å². The molecular formula is C8H11NO. The van der Waals surface area contributed by atoms with E-state index in [2.05, 4.69) is 6.58 Å². The number of amides is 1. The molecule has 0 spiro atoms. The Hall–Kier alpha value is -0.790. The van der Waals surface area contributed by atoms with E-state index in [1.807, 2.05) is 4.90 Å². The van der Waals surface area contributed by atoms with E-state index in [1.54, 1.807) is 0 Å². The van der Waals surface area contributed by atoms with Gasteiger partial charge < -0.3 is 4.90 Å². The van der Waals surface area contributed by atoms with Crippen molar-refractivity contribution in [2.24, 2.45) is 0 Å². The van der Waals surface area contributed by atoms with Crippen LogP contribution < -0.4 is 0 Å². The highest BCUT2D eigenvalue weighted by atomic mass is 16.2. The van der Waals surface area contributed by atoms with E-state index in [4.69, 9.17) is 0 Å². The van der Waals surface area contributed by atoms with Crippen LogP contribution in [-0.2, 0) is 4.79 Å². The Balaban J connectivity index is 2.19. The Morgan fingerprint density at radius 3 is 3.10 bits per heavy atom. The predicted octanol–water partition coefficient (Wildman–Crippen LogP) is 0.937. The summed E-state index contributed by atoms with van der Waals surface area (Å²) < 4.78 is 0. The number of hydrogen-bond acceptors (Lipinski definition) is 1. The standard InChI is InChI=1S/C8H11NO/c1-6-4-7-2-3-8(10)9(7)5-6/h7H,1-5H2. The zero-order valence-corrected chi connectivity index (χ0v) is 5.97. The van der Waals surface area contributed by atoms with Crippen molar-refractivity contribution in [1.29, 1.82) is 0 Å². The molecule has 2 aliphatic rings. The van der Waals surface area contributed by atoms with Gasteiger partial charge in [-0.25, -0.2) is 0 Å². The van der Waals surface area contributed by atoms with Gasteiger partial charge in [0, 0.05) is 19.0 Å². The van der Waals surface area contributed by atoms with Gasteiger partial charge >= 0.3 is 0 Å². The fourth-order valence-corrected chi connectivity index (χ4v) is 1.86. The van der Waals surface area contributed by atoms with Gasteiger partial charge in [0.2, 0.25) is 5.91 Å². The van der Waals surface area contributed by atoms with Crippen LogP contribution >= 0.6 is 0 Å². The first-order valence-corrected chi connectivity index (χ1v) is 3.73. The van der Waals surface area contributed by atoms with E-state index in [0.717, 1.165) is 25.8 Å². The molecule has 1 amide bonds. The molecule has 2 heterocycles. The van der Waals surface area contributed by atoms with Gasteiger partial charge in [-0.15, -0.1) is 0 Å². The zero-order chi connectivity index (χ0) is 7.14. The second-order valence-corrected chi connectivity index (χ2v) is 3.17. The van der Waals surface area contributed by atoms with E-state index in [0.29, 0.717) is 11.9 Å². The van der Waals surface area contributed by atoms with Crippen LogP contribution in [0.1, 0.15) is 19.3 Å². The van der Waals surface area contributed by atoms with Crippen molar-refractivity contribution < 1.29 is 4.79 Å². The molecule has 2 nitrogen and oxygen atoms in total. The van der Waals surface area contributed by atoms with Gasteiger partial charge in [-0.3, -0.25) is 4.79 Å². The van der Waals surface area contributed by atoms with Gasteiger partial charge in [-0.2, -0.15) is 0 Å². The molecule has 10 heavy (non-hydrogen) atoms. The molecule has 1 unspecified atom stereocenters. The Kier molecular flexibility index (Phi) is 1.10. The summed E-state index contributed by atoms with van der Waals surface area (Å²) >= 11 is 0. The maximum Gasteiger partial charge on any atom is 0.223 e. The van der Waals surface area contributed by atoms with Crippen molar-refractivity contribution in [3.05, 3.63) is 12.2 Å². The number of carbonyl (C=O) groups excluding carboxylic acids is 1. The smallest absolute Gasteiger partial charge is 0.223 e. The number of hydrogen-bond donors (Lipinski definition) is 0. The molecule has 2 fully saturated rings. The minimum atomic E-state index is 0.323. The van der Waals surface area contributed by atoms with Crippen LogP contribution in [0.4, 0.5) is 0 Å². The fourth-order valence-electron chi connectivity index (χ4n) is 1.86. The average Bonchev–Trinajstić information content (AvgIpc) is 2.35. The highest BCUT2D eigenvalue weighted by Crippen LogP contribution is 2.30. The largest absolute Gasteiger partial charge is 0.335 e. The Morgan fingerprint density at radius 2 is 2.40 bits per heavy atom. The van der Waals surface area contributed by atoms with Gasteiger partial charge in [0.25, 0.3) is 0 Å². The lowest BCUT2D eigenvalue weighted by Gasteiger charge is -2.12. The molecule has 0 saturated carbocycles. The molecule has 2 rings (SSSR count). The van der Waals surface area contributed by atoms with E-state index < -0.39 is 0 Å². The highest BCUT2D eigenvalue weighted by Gasteiger charge is 2.35. The minimum Gasteiger partial charge on any atom is -0.335 e. The first-order chi connectivity index (χ1) is 4.77. The van der Waals surface area contributed by atoms with Crippen molar-refractivity contribution in [2.45, 2.75) is 25.3 Å². The third-order valence-corrected chi connectivity index (χ3v) is 2.37. The van der Waals surface area contributed by atoms with Crippen LogP contribution in [0, 0.1) is 0 Å². The van der Waals surface area contributed by atoms with Crippen LogP contribution in [0.25, 0.3) is 0 Å². The molecule has 54 valence electrons. The highest BCUT2D eigenvalue weighted by molar-refractivity contribution is 5.79. The van der Waals surface area contributed by atoms with Crippen molar-refractivity contribution in [1.82, 2.24) is 4.90 Å². The molecular weight excluding hydrogens is 126 g/mol. The molecule has 0 radical (unpaired) electrons. The molecule has 2 aliphatic heterocycles. The molecule has 0 aromatic heterocycles. The van der Waals surface area contributed by atoms with Crippen molar-refractivity contribution in [3.8, 4) is 0 Å². The molecule has 2 saturated heterocycles. The summed E-state index contributed by atoms with van der Waals surface area (Å²) in [4.78, 5) is 13.0. The van der Waals surface area contributed by atoms with Gasteiger partial charge in [-0.1, -0.05) is 12.2 Å². The van der Waals surface area contributed by atoms with Crippen LogP contribution in [-0.4, -0.2) is 23.4 Å². The second kappa shape index (κ2) is 1.84. The normalized spacial score (nSPS) is 31.6. The summed E-state index contributed by atoms with van der Waals surface area (Å²) in [6.45, 7) is 4.70. The monoisotopic (exact) mass is 137 g/mol. The third kappa shape index (κ3) is 0.681. The first kappa shape index (κ1) is 5.96. The van der Waals surface area contributed by atoms with Crippen molar-refractivity contribution >= 4 is 5.91 Å². The summed E-state index contributed by atoms with van der Waals surface area (Å²) in [5.74, 6) is 0.323. The summed E-state index contributed by atoms with van der Waals surface area (Å²) in [5, 5.41) is 0. The minimum absolute atomic E-state index is 0.323. The predicted molar refractivity (Wildman–Crippen MR) is 38.5 cm³/mol. The van der Waals surface area contributed by atoms with Crippen LogP contribution in [0.15, 0.2) is 12.2 Å². The van der Waals surface area contributed by atoms with E-state index in [1.165, 1.54) is 5.57 Å². The number of fused-ring (bicyclic) bond motifs is 1. The van der Waals surface area contributed by atoms with E-state index in [9.17, 15) is 4.79 Å². The maximum absolute atomic E-state index is 11.1. The summed E-state index contributed by atoms with van der Waals surface area (Å²) in [7, 11) is 0. The molecule has 0 aromatic rings. The topological polar surface area (TPSA) is 20.3 Å². The maximum atomic E-state index is 11.1. The van der Waals surface area contributed by atoms with Crippen LogP contribution in [0.3, 0.4) is 0 Å². The SMILES string of the molecule is C=C1CC2CCC(=O)N2C1. The van der Waals surface area contributed by atoms with Gasteiger partial charge in [0.15, 0.2) is 0 Å². The molecule has 0 bridgehead atoms. The molecule has 2 heteroatoms. The summed E-state index contributed by atoms with van der Waals surface area (Å²) in [5.41, 5.74) is 1.22. The number of rotatable bonds is 0. The van der Waals surface area contributed by atoms with Crippen molar-refractivity contribution in [3.63, 3.8) is 0 Å². The van der Waals surface area contributed by atoms with Crippen LogP contribution in [0.5, 0.6) is 0 Å². The molecule has 0 aliphatic carbocycles. The summed E-state index contributed by atoms with van der Waals surface area (Å²) in [6, 6.07) is 0.514. The average molecular weight is 137 g/mol. The fraction of sp³-hybridized carbons (Fsp3) is 0.625. The third-order valence-electron chi connectivity index (χ3n) is 2.37. The van der Waals surface area contributed by atoms with Gasteiger partial charge in [0.1, 0.15) is 0 Å². The molecule has 0 N–H and O–H groups in total. The Labute approximate surface area is 60.5 Å². The lowest BCUT2D eigenvalue weighted by atomic mass is 10.1. The number of nitrogens with zero attached hydrogens (tertiary/aromatic N) is 1. The van der Waals surface area contributed by atoms with E-state index in [-0.39, 0.29) is 0 Å². The van der Waals surface area contributed by atoms with Crippen molar-refractivity contribution in [2.75, 3.05) is 6.54 Å². The molecule has 1 atom stereocenters. The Morgan fingerprint density at radius 1 is 1.60 bits per heavy atom. The van der Waals surface area contributed by atoms with Gasteiger partial charge in [-0.05, 0) is 12.8 Å². The molecule has 0 aromatic carbocycles.